The van der Waals surface area contributed by atoms with Crippen LogP contribution in [0.3, 0.4) is 0 Å². The van der Waals surface area contributed by atoms with Gasteiger partial charge in [-0.3, -0.25) is 0 Å². The molecule has 0 heterocycles. The summed E-state index contributed by atoms with van der Waals surface area (Å²) >= 11 is 0. The minimum Gasteiger partial charge on any atom is -0.507 e. The van der Waals surface area contributed by atoms with Gasteiger partial charge in [-0.2, -0.15) is 0 Å². The quantitative estimate of drug-likeness (QED) is 0.347. The Kier molecular flexibility index (Phi) is 2.42. The fourth-order valence-corrected chi connectivity index (χ4v) is 3.66. The van der Waals surface area contributed by atoms with Gasteiger partial charge in [0.25, 0.3) is 0 Å². The number of rotatable bonds is 0. The summed E-state index contributed by atoms with van der Waals surface area (Å²) < 4.78 is 0. The minimum atomic E-state index is 0.336. The Morgan fingerprint density at radius 1 is 0.391 bits per heavy atom. The number of hydrogen-bond acceptors (Lipinski definition) is 1. The molecule has 0 aromatic heterocycles. The first-order chi connectivity index (χ1) is 11.3. The van der Waals surface area contributed by atoms with E-state index < -0.39 is 0 Å². The van der Waals surface area contributed by atoms with Crippen LogP contribution in [0.15, 0.2) is 78.9 Å². The molecule has 1 heteroatoms. The second-order valence-corrected chi connectivity index (χ2v) is 5.98. The Balaban J connectivity index is 2.03. The van der Waals surface area contributed by atoms with Gasteiger partial charge in [-0.05, 0) is 43.8 Å². The Hall–Kier alpha value is -3.06. The first kappa shape index (κ1) is 12.5. The highest BCUT2D eigenvalue weighted by molar-refractivity contribution is 6.22. The first-order valence-corrected chi connectivity index (χ1v) is 7.78. The number of benzene rings is 5. The lowest BCUT2D eigenvalue weighted by Crippen LogP contribution is -1.83. The highest BCUT2D eigenvalue weighted by Gasteiger charge is 2.08. The van der Waals surface area contributed by atoms with Crippen molar-refractivity contribution in [3.05, 3.63) is 78.9 Å². The SMILES string of the molecule is Oc1cccc2c1ccc1c2ccc2c3ccccc3ccc21. The van der Waals surface area contributed by atoms with E-state index in [1.54, 1.807) is 6.07 Å². The molecule has 0 saturated carbocycles. The average Bonchev–Trinajstić information content (AvgIpc) is 2.61. The molecular weight excluding hydrogens is 280 g/mol. The van der Waals surface area contributed by atoms with Crippen LogP contribution in [0.2, 0.25) is 0 Å². The molecular formula is C22H14O. The zero-order chi connectivity index (χ0) is 15.4. The van der Waals surface area contributed by atoms with E-state index in [4.69, 9.17) is 0 Å². The molecule has 0 aliphatic rings. The van der Waals surface area contributed by atoms with E-state index in [1.807, 2.05) is 12.1 Å². The van der Waals surface area contributed by atoms with E-state index in [2.05, 4.69) is 60.7 Å². The minimum absolute atomic E-state index is 0.336. The summed E-state index contributed by atoms with van der Waals surface area (Å²) in [4.78, 5) is 0. The van der Waals surface area contributed by atoms with Crippen LogP contribution in [0.1, 0.15) is 0 Å². The van der Waals surface area contributed by atoms with Crippen molar-refractivity contribution in [2.75, 3.05) is 0 Å². The maximum absolute atomic E-state index is 10.1. The first-order valence-electron chi connectivity index (χ1n) is 7.78. The molecule has 23 heavy (non-hydrogen) atoms. The molecule has 0 radical (unpaired) electrons. The van der Waals surface area contributed by atoms with Crippen LogP contribution in [0.5, 0.6) is 5.75 Å². The predicted molar refractivity (Wildman–Crippen MR) is 98.1 cm³/mol. The number of fused-ring (bicyclic) bond motifs is 7. The topological polar surface area (TPSA) is 20.2 Å². The summed E-state index contributed by atoms with van der Waals surface area (Å²) in [5.41, 5.74) is 0. The third-order valence-electron chi connectivity index (χ3n) is 4.76. The van der Waals surface area contributed by atoms with Crippen LogP contribution in [0.25, 0.3) is 43.1 Å². The maximum Gasteiger partial charge on any atom is 0.123 e. The molecule has 108 valence electrons. The Labute approximate surface area is 133 Å². The molecule has 5 aromatic carbocycles. The van der Waals surface area contributed by atoms with Crippen LogP contribution in [-0.2, 0) is 0 Å². The van der Waals surface area contributed by atoms with Gasteiger partial charge in [-0.1, -0.05) is 72.8 Å². The van der Waals surface area contributed by atoms with Crippen molar-refractivity contribution >= 4 is 43.1 Å². The van der Waals surface area contributed by atoms with Gasteiger partial charge >= 0.3 is 0 Å². The third kappa shape index (κ3) is 1.68. The molecule has 1 nitrogen and oxygen atoms in total. The average molecular weight is 294 g/mol. The lowest BCUT2D eigenvalue weighted by Gasteiger charge is -2.10. The summed E-state index contributed by atoms with van der Waals surface area (Å²) in [6.45, 7) is 0. The van der Waals surface area contributed by atoms with Gasteiger partial charge in [0, 0.05) is 5.39 Å². The van der Waals surface area contributed by atoms with Crippen molar-refractivity contribution in [1.82, 2.24) is 0 Å². The molecule has 0 aliphatic heterocycles. The van der Waals surface area contributed by atoms with Gasteiger partial charge in [-0.25, -0.2) is 0 Å². The second kappa shape index (κ2) is 4.47. The molecule has 0 amide bonds. The fourth-order valence-electron chi connectivity index (χ4n) is 3.66. The highest BCUT2D eigenvalue weighted by atomic mass is 16.3. The summed E-state index contributed by atoms with van der Waals surface area (Å²) in [5.74, 6) is 0.336. The molecule has 0 bridgehead atoms. The molecule has 0 saturated heterocycles. The lowest BCUT2D eigenvalue weighted by molar-refractivity contribution is 0.481. The summed E-state index contributed by atoms with van der Waals surface area (Å²) in [6.07, 6.45) is 0. The van der Waals surface area contributed by atoms with Crippen LogP contribution < -0.4 is 0 Å². The normalized spacial score (nSPS) is 11.7. The van der Waals surface area contributed by atoms with Gasteiger partial charge < -0.3 is 5.11 Å². The second-order valence-electron chi connectivity index (χ2n) is 5.98. The fraction of sp³-hybridized carbons (Fsp3) is 0. The summed E-state index contributed by atoms with van der Waals surface area (Å²) in [5, 5.41) is 19.6. The van der Waals surface area contributed by atoms with E-state index in [1.165, 1.54) is 32.3 Å². The summed E-state index contributed by atoms with van der Waals surface area (Å²) in [6, 6.07) is 27.1. The van der Waals surface area contributed by atoms with Gasteiger partial charge in [0.15, 0.2) is 0 Å². The molecule has 0 fully saturated rings. The Bertz CT molecular complexity index is 1220. The maximum atomic E-state index is 10.1. The standard InChI is InChI=1S/C22H14O/c23-22-7-3-6-16-19-11-10-17-15-5-2-1-4-14(15)8-9-18(17)20(19)12-13-21(16)22/h1-13,23H. The third-order valence-corrected chi connectivity index (χ3v) is 4.76. The molecule has 5 rings (SSSR count). The Morgan fingerprint density at radius 2 is 0.913 bits per heavy atom. The number of aromatic hydroxyl groups is 1. The van der Waals surface area contributed by atoms with Crippen LogP contribution in [-0.4, -0.2) is 5.11 Å². The highest BCUT2D eigenvalue weighted by Crippen LogP contribution is 2.36. The van der Waals surface area contributed by atoms with Gasteiger partial charge in [0.1, 0.15) is 5.75 Å². The van der Waals surface area contributed by atoms with Crippen LogP contribution >= 0.6 is 0 Å². The molecule has 0 unspecified atom stereocenters. The van der Waals surface area contributed by atoms with Gasteiger partial charge in [0.05, 0.1) is 0 Å². The predicted octanol–water partition coefficient (Wildman–Crippen LogP) is 6.01. The molecule has 5 aromatic rings. The van der Waals surface area contributed by atoms with Gasteiger partial charge in [-0.15, -0.1) is 0 Å². The van der Waals surface area contributed by atoms with Crippen LogP contribution in [0.4, 0.5) is 0 Å². The lowest BCUT2D eigenvalue weighted by atomic mass is 9.94. The van der Waals surface area contributed by atoms with Crippen LogP contribution in [0, 0.1) is 0 Å². The van der Waals surface area contributed by atoms with E-state index in [0.29, 0.717) is 5.75 Å². The van der Waals surface area contributed by atoms with E-state index in [9.17, 15) is 5.11 Å². The Morgan fingerprint density at radius 3 is 1.70 bits per heavy atom. The molecule has 0 aliphatic carbocycles. The monoisotopic (exact) mass is 294 g/mol. The van der Waals surface area contributed by atoms with Gasteiger partial charge in [0.2, 0.25) is 0 Å². The zero-order valence-corrected chi connectivity index (χ0v) is 12.5. The molecule has 0 spiro atoms. The van der Waals surface area contributed by atoms with Crippen molar-refractivity contribution in [3.8, 4) is 5.75 Å². The summed E-state index contributed by atoms with van der Waals surface area (Å²) in [7, 11) is 0. The number of phenolic OH excluding ortho intramolecular Hbond substituents is 1. The van der Waals surface area contributed by atoms with E-state index in [0.717, 1.165) is 10.8 Å². The number of hydrogen-bond donors (Lipinski definition) is 1. The van der Waals surface area contributed by atoms with Crippen molar-refractivity contribution < 1.29 is 5.11 Å². The largest absolute Gasteiger partial charge is 0.507 e. The van der Waals surface area contributed by atoms with Crippen molar-refractivity contribution in [1.29, 1.82) is 0 Å². The molecule has 1 N–H and O–H groups in total. The van der Waals surface area contributed by atoms with Crippen molar-refractivity contribution in [2.45, 2.75) is 0 Å². The smallest absolute Gasteiger partial charge is 0.123 e. The molecule has 0 atom stereocenters. The zero-order valence-electron chi connectivity index (χ0n) is 12.5. The van der Waals surface area contributed by atoms with E-state index in [-0.39, 0.29) is 0 Å². The van der Waals surface area contributed by atoms with Crippen molar-refractivity contribution in [2.24, 2.45) is 0 Å². The van der Waals surface area contributed by atoms with Crippen molar-refractivity contribution in [3.63, 3.8) is 0 Å². The number of phenols is 1. The van der Waals surface area contributed by atoms with E-state index >= 15 is 0 Å².